The van der Waals surface area contributed by atoms with Gasteiger partial charge in [0.05, 0.1) is 20.8 Å². The van der Waals surface area contributed by atoms with Gasteiger partial charge in [0.25, 0.3) is 0 Å². The maximum absolute atomic E-state index is 12.2. The second kappa shape index (κ2) is 9.78. The maximum atomic E-state index is 12.2. The van der Waals surface area contributed by atoms with Gasteiger partial charge in [-0.1, -0.05) is 25.1 Å². The maximum Gasteiger partial charge on any atom is 0.243 e. The monoisotopic (exact) mass is 350 g/mol. The first-order valence-electron chi connectivity index (χ1n) is 7.44. The van der Waals surface area contributed by atoms with Crippen LogP contribution in [-0.2, 0) is 11.3 Å². The molecule has 1 aromatic rings. The first-order chi connectivity index (χ1) is 11.5. The second-order valence-electron chi connectivity index (χ2n) is 4.98. The summed E-state index contributed by atoms with van der Waals surface area (Å²) in [6.07, 6.45) is 2.48. The molecule has 1 rings (SSSR count). The fraction of sp³-hybridized carbons (Fsp3) is 0.333. The van der Waals surface area contributed by atoms with Gasteiger partial charge in [0.15, 0.2) is 11.5 Å². The number of allylic oxidation sites excluding steroid dienone is 2. The predicted molar refractivity (Wildman–Crippen MR) is 97.9 cm³/mol. The summed E-state index contributed by atoms with van der Waals surface area (Å²) >= 11 is 5.74. The van der Waals surface area contributed by atoms with Gasteiger partial charge in [-0.05, 0) is 36.9 Å². The lowest BCUT2D eigenvalue weighted by Crippen LogP contribution is -2.30. The summed E-state index contributed by atoms with van der Waals surface area (Å²) in [5, 5.41) is 0. The molecule has 0 saturated heterocycles. The van der Waals surface area contributed by atoms with E-state index in [0.29, 0.717) is 17.3 Å². The SMILES string of the molecule is C=N/C(=C\C(=C)CC)N(Cc1ccc(OC)c(OC)c1)C(=O)CCl. The van der Waals surface area contributed by atoms with Crippen LogP contribution in [-0.4, -0.2) is 37.6 Å². The van der Waals surface area contributed by atoms with E-state index in [0.717, 1.165) is 17.6 Å². The van der Waals surface area contributed by atoms with E-state index in [2.05, 4.69) is 18.3 Å². The lowest BCUT2D eigenvalue weighted by molar-refractivity contribution is -0.127. The molecule has 0 aromatic heterocycles. The van der Waals surface area contributed by atoms with Crippen molar-refractivity contribution in [3.8, 4) is 11.5 Å². The lowest BCUT2D eigenvalue weighted by Gasteiger charge is -2.23. The Labute approximate surface area is 148 Å². The average molecular weight is 351 g/mol. The number of carbonyl (C=O) groups is 1. The van der Waals surface area contributed by atoms with Crippen LogP contribution in [0, 0.1) is 0 Å². The normalized spacial score (nSPS) is 10.9. The fourth-order valence-electron chi connectivity index (χ4n) is 2.02. The molecule has 1 amide bonds. The first kappa shape index (κ1) is 19.8. The molecule has 130 valence electrons. The molecule has 24 heavy (non-hydrogen) atoms. The third kappa shape index (κ3) is 5.13. The van der Waals surface area contributed by atoms with Crippen LogP contribution in [0.25, 0.3) is 0 Å². The minimum Gasteiger partial charge on any atom is -0.493 e. The average Bonchev–Trinajstić information content (AvgIpc) is 2.63. The number of hydrogen-bond donors (Lipinski definition) is 0. The summed E-state index contributed by atoms with van der Waals surface area (Å²) in [5.41, 5.74) is 1.69. The van der Waals surface area contributed by atoms with E-state index < -0.39 is 0 Å². The van der Waals surface area contributed by atoms with Crippen LogP contribution in [0.1, 0.15) is 18.9 Å². The van der Waals surface area contributed by atoms with Crippen molar-refractivity contribution < 1.29 is 14.3 Å². The molecule has 0 saturated carbocycles. The smallest absolute Gasteiger partial charge is 0.243 e. The summed E-state index contributed by atoms with van der Waals surface area (Å²) < 4.78 is 10.5. The Morgan fingerprint density at radius 1 is 1.33 bits per heavy atom. The van der Waals surface area contributed by atoms with Gasteiger partial charge in [0.2, 0.25) is 5.91 Å². The molecule has 0 N–H and O–H groups in total. The third-order valence-corrected chi connectivity index (χ3v) is 3.66. The van der Waals surface area contributed by atoms with Crippen LogP contribution >= 0.6 is 11.6 Å². The number of halogens is 1. The Morgan fingerprint density at radius 2 is 2.00 bits per heavy atom. The highest BCUT2D eigenvalue weighted by Crippen LogP contribution is 2.28. The number of alkyl halides is 1. The number of nitrogens with zero attached hydrogens (tertiary/aromatic N) is 2. The van der Waals surface area contributed by atoms with Gasteiger partial charge in [0.1, 0.15) is 11.7 Å². The van der Waals surface area contributed by atoms with Gasteiger partial charge in [-0.3, -0.25) is 9.69 Å². The summed E-state index contributed by atoms with van der Waals surface area (Å²) in [5.74, 6) is 1.20. The van der Waals surface area contributed by atoms with Crippen LogP contribution in [0.2, 0.25) is 0 Å². The summed E-state index contributed by atoms with van der Waals surface area (Å²) in [4.78, 5) is 17.7. The number of aliphatic imine (C=N–C) groups is 1. The highest BCUT2D eigenvalue weighted by Gasteiger charge is 2.18. The molecule has 6 heteroatoms. The van der Waals surface area contributed by atoms with E-state index in [-0.39, 0.29) is 18.3 Å². The zero-order chi connectivity index (χ0) is 18.1. The van der Waals surface area contributed by atoms with E-state index in [9.17, 15) is 4.79 Å². The molecule has 0 bridgehead atoms. The molecule has 0 unspecified atom stereocenters. The summed E-state index contributed by atoms with van der Waals surface area (Å²) in [6, 6.07) is 5.45. The van der Waals surface area contributed by atoms with Gasteiger partial charge < -0.3 is 9.47 Å². The molecular formula is C18H23ClN2O3. The van der Waals surface area contributed by atoms with Crippen molar-refractivity contribution in [3.63, 3.8) is 0 Å². The van der Waals surface area contributed by atoms with Crippen LogP contribution in [0.5, 0.6) is 11.5 Å². The molecule has 0 radical (unpaired) electrons. The molecule has 0 heterocycles. The van der Waals surface area contributed by atoms with Crippen molar-refractivity contribution in [1.82, 2.24) is 4.90 Å². The molecule has 0 aliphatic rings. The fourth-order valence-corrected chi connectivity index (χ4v) is 2.17. The van der Waals surface area contributed by atoms with Gasteiger partial charge in [-0.15, -0.1) is 11.6 Å². The standard InChI is InChI=1S/C18H23ClN2O3/c1-6-13(2)9-17(20-3)21(18(22)11-19)12-14-7-8-15(23-4)16(10-14)24-5/h7-10H,2-3,6,11-12H2,1,4-5H3/b17-9+. The second-order valence-corrected chi connectivity index (χ2v) is 5.24. The zero-order valence-corrected chi connectivity index (χ0v) is 15.1. The molecular weight excluding hydrogens is 328 g/mol. The summed E-state index contributed by atoms with van der Waals surface area (Å²) in [7, 11) is 3.13. The molecule has 0 atom stereocenters. The van der Waals surface area contributed by atoms with Crippen LogP contribution in [0.3, 0.4) is 0 Å². The molecule has 0 fully saturated rings. The quantitative estimate of drug-likeness (QED) is 0.387. The Bertz CT molecular complexity index is 641. The van der Waals surface area contributed by atoms with Crippen molar-refractivity contribution in [3.05, 3.63) is 47.8 Å². The first-order valence-corrected chi connectivity index (χ1v) is 7.97. The Kier molecular flexibility index (Phi) is 8.06. The molecule has 0 aliphatic carbocycles. The minimum atomic E-state index is -0.269. The molecule has 0 aliphatic heterocycles. The number of amides is 1. The third-order valence-electron chi connectivity index (χ3n) is 3.43. The van der Waals surface area contributed by atoms with Gasteiger partial charge in [-0.25, -0.2) is 4.99 Å². The van der Waals surface area contributed by atoms with E-state index >= 15 is 0 Å². The Hall–Kier alpha value is -2.27. The minimum absolute atomic E-state index is 0.154. The number of benzene rings is 1. The zero-order valence-electron chi connectivity index (χ0n) is 14.3. The number of hydrogen-bond acceptors (Lipinski definition) is 4. The van der Waals surface area contributed by atoms with Crippen molar-refractivity contribution in [2.24, 2.45) is 4.99 Å². The van der Waals surface area contributed by atoms with E-state index in [1.807, 2.05) is 19.1 Å². The van der Waals surface area contributed by atoms with E-state index in [1.165, 1.54) is 4.90 Å². The van der Waals surface area contributed by atoms with Crippen LogP contribution in [0.4, 0.5) is 0 Å². The van der Waals surface area contributed by atoms with Crippen molar-refractivity contribution in [2.45, 2.75) is 19.9 Å². The van der Waals surface area contributed by atoms with Gasteiger partial charge in [0, 0.05) is 0 Å². The van der Waals surface area contributed by atoms with Crippen molar-refractivity contribution in [1.29, 1.82) is 0 Å². The highest BCUT2D eigenvalue weighted by atomic mass is 35.5. The number of ether oxygens (including phenoxy) is 2. The van der Waals surface area contributed by atoms with Crippen molar-refractivity contribution >= 4 is 24.2 Å². The largest absolute Gasteiger partial charge is 0.493 e. The van der Waals surface area contributed by atoms with Crippen LogP contribution in [0.15, 0.2) is 47.2 Å². The molecule has 5 nitrogen and oxygen atoms in total. The number of rotatable bonds is 9. The van der Waals surface area contributed by atoms with E-state index in [4.69, 9.17) is 21.1 Å². The lowest BCUT2D eigenvalue weighted by atomic mass is 10.1. The predicted octanol–water partition coefficient (Wildman–Crippen LogP) is 3.78. The highest BCUT2D eigenvalue weighted by molar-refractivity contribution is 6.27. The number of methoxy groups -OCH3 is 2. The van der Waals surface area contributed by atoms with Gasteiger partial charge in [-0.2, -0.15) is 0 Å². The van der Waals surface area contributed by atoms with Gasteiger partial charge >= 0.3 is 0 Å². The Morgan fingerprint density at radius 3 is 2.50 bits per heavy atom. The summed E-state index contributed by atoms with van der Waals surface area (Å²) in [6.45, 7) is 9.72. The Balaban J connectivity index is 3.19. The molecule has 1 aromatic carbocycles. The van der Waals surface area contributed by atoms with Crippen LogP contribution < -0.4 is 9.47 Å². The molecule has 0 spiro atoms. The number of carbonyl (C=O) groups excluding carboxylic acids is 1. The van der Waals surface area contributed by atoms with Crippen molar-refractivity contribution in [2.75, 3.05) is 20.1 Å². The van der Waals surface area contributed by atoms with E-state index in [1.54, 1.807) is 26.4 Å². The topological polar surface area (TPSA) is 51.1 Å².